The van der Waals surface area contributed by atoms with Crippen LogP contribution in [0.15, 0.2) is 6.33 Å². The lowest BCUT2D eigenvalue weighted by Crippen LogP contribution is -2.41. The normalized spacial score (nSPS) is 28.3. The average molecular weight is 263 g/mol. The lowest BCUT2D eigenvalue weighted by Gasteiger charge is -2.30. The van der Waals surface area contributed by atoms with Gasteiger partial charge in [0.15, 0.2) is 0 Å². The molecule has 2 aliphatic rings. The minimum Gasteiger partial charge on any atom is -0.315 e. The predicted octanol–water partition coefficient (Wildman–Crippen LogP) is 1.26. The van der Waals surface area contributed by atoms with Crippen LogP contribution in [0.1, 0.15) is 38.4 Å². The summed E-state index contributed by atoms with van der Waals surface area (Å²) >= 11 is 0. The van der Waals surface area contributed by atoms with Gasteiger partial charge in [-0.3, -0.25) is 4.90 Å². The second-order valence-corrected chi connectivity index (χ2v) is 6.14. The van der Waals surface area contributed by atoms with Crippen molar-refractivity contribution in [3.63, 3.8) is 0 Å². The molecule has 0 spiro atoms. The van der Waals surface area contributed by atoms with Crippen molar-refractivity contribution in [3.05, 3.63) is 12.2 Å². The monoisotopic (exact) mass is 263 g/mol. The van der Waals surface area contributed by atoms with E-state index in [1.54, 1.807) is 0 Å². The molecular weight excluding hydrogens is 238 g/mol. The molecular formula is C14H25N5. The Morgan fingerprint density at radius 1 is 1.37 bits per heavy atom. The Morgan fingerprint density at radius 2 is 2.32 bits per heavy atom. The SMILES string of the molecule is CC1CCCC(NCCN2CCn3cnnc3C2)C1. The van der Waals surface area contributed by atoms with Crippen molar-refractivity contribution in [3.8, 4) is 0 Å². The van der Waals surface area contributed by atoms with Gasteiger partial charge in [0.2, 0.25) is 0 Å². The highest BCUT2D eigenvalue weighted by atomic mass is 15.3. The number of rotatable bonds is 4. The molecule has 1 aromatic heterocycles. The van der Waals surface area contributed by atoms with Crippen LogP contribution in [0.3, 0.4) is 0 Å². The third-order valence-corrected chi connectivity index (χ3v) is 4.52. The zero-order chi connectivity index (χ0) is 13.1. The second kappa shape index (κ2) is 6.01. The van der Waals surface area contributed by atoms with E-state index < -0.39 is 0 Å². The summed E-state index contributed by atoms with van der Waals surface area (Å²) in [5.74, 6) is 2.01. The highest BCUT2D eigenvalue weighted by Gasteiger charge is 2.20. The fourth-order valence-corrected chi connectivity index (χ4v) is 3.35. The van der Waals surface area contributed by atoms with E-state index in [-0.39, 0.29) is 0 Å². The Labute approximate surface area is 115 Å². The minimum absolute atomic E-state index is 0.747. The zero-order valence-electron chi connectivity index (χ0n) is 11.9. The molecule has 0 radical (unpaired) electrons. The Kier molecular flexibility index (Phi) is 4.13. The third kappa shape index (κ3) is 3.34. The zero-order valence-corrected chi connectivity index (χ0v) is 11.9. The molecule has 0 amide bonds. The molecule has 5 heteroatoms. The fourth-order valence-electron chi connectivity index (χ4n) is 3.35. The van der Waals surface area contributed by atoms with E-state index in [0.29, 0.717) is 0 Å². The standard InChI is InChI=1S/C14H25N5/c1-12-3-2-4-13(9-12)15-5-6-18-7-8-19-11-16-17-14(19)10-18/h11-13,15H,2-10H2,1H3. The van der Waals surface area contributed by atoms with Crippen molar-refractivity contribution in [2.24, 2.45) is 5.92 Å². The maximum atomic E-state index is 4.17. The van der Waals surface area contributed by atoms with Gasteiger partial charge in [0, 0.05) is 32.2 Å². The summed E-state index contributed by atoms with van der Waals surface area (Å²) in [5.41, 5.74) is 0. The molecule has 1 saturated carbocycles. The Bertz CT molecular complexity index is 402. The quantitative estimate of drug-likeness (QED) is 0.888. The summed E-state index contributed by atoms with van der Waals surface area (Å²) in [6, 6.07) is 0.747. The van der Waals surface area contributed by atoms with Crippen molar-refractivity contribution in [2.45, 2.75) is 51.7 Å². The van der Waals surface area contributed by atoms with E-state index in [1.807, 2.05) is 6.33 Å². The molecule has 106 valence electrons. The molecule has 3 rings (SSSR count). The first-order valence-corrected chi connectivity index (χ1v) is 7.63. The van der Waals surface area contributed by atoms with E-state index in [4.69, 9.17) is 0 Å². The number of hydrogen-bond acceptors (Lipinski definition) is 4. The molecule has 0 saturated heterocycles. The molecule has 0 aromatic carbocycles. The predicted molar refractivity (Wildman–Crippen MR) is 74.7 cm³/mol. The highest BCUT2D eigenvalue weighted by Crippen LogP contribution is 2.23. The lowest BCUT2D eigenvalue weighted by atomic mass is 9.87. The topological polar surface area (TPSA) is 46.0 Å². The molecule has 2 heterocycles. The van der Waals surface area contributed by atoms with E-state index in [1.165, 1.54) is 25.7 Å². The van der Waals surface area contributed by atoms with Crippen molar-refractivity contribution in [1.82, 2.24) is 25.0 Å². The minimum atomic E-state index is 0.747. The first kappa shape index (κ1) is 13.1. The van der Waals surface area contributed by atoms with Gasteiger partial charge in [0.05, 0.1) is 6.54 Å². The van der Waals surface area contributed by atoms with Crippen LogP contribution in [0.25, 0.3) is 0 Å². The summed E-state index contributed by atoms with van der Waals surface area (Å²) in [4.78, 5) is 2.48. The smallest absolute Gasteiger partial charge is 0.147 e. The second-order valence-electron chi connectivity index (χ2n) is 6.14. The van der Waals surface area contributed by atoms with Gasteiger partial charge in [-0.2, -0.15) is 0 Å². The molecule has 1 N–H and O–H groups in total. The van der Waals surface area contributed by atoms with Gasteiger partial charge in [-0.05, 0) is 18.8 Å². The molecule has 2 atom stereocenters. The van der Waals surface area contributed by atoms with Crippen LogP contribution in [-0.4, -0.2) is 45.3 Å². The number of fused-ring (bicyclic) bond motifs is 1. The molecule has 2 unspecified atom stereocenters. The molecule has 19 heavy (non-hydrogen) atoms. The van der Waals surface area contributed by atoms with Crippen LogP contribution in [-0.2, 0) is 13.1 Å². The first-order chi connectivity index (χ1) is 9.31. The van der Waals surface area contributed by atoms with Gasteiger partial charge in [-0.1, -0.05) is 19.8 Å². The fraction of sp³-hybridized carbons (Fsp3) is 0.857. The Hall–Kier alpha value is -0.940. The van der Waals surface area contributed by atoms with Gasteiger partial charge >= 0.3 is 0 Å². The largest absolute Gasteiger partial charge is 0.315 e. The molecule has 1 fully saturated rings. The van der Waals surface area contributed by atoms with E-state index in [2.05, 4.69) is 31.9 Å². The van der Waals surface area contributed by atoms with Gasteiger partial charge in [-0.15, -0.1) is 10.2 Å². The van der Waals surface area contributed by atoms with Gasteiger partial charge in [-0.25, -0.2) is 0 Å². The van der Waals surface area contributed by atoms with E-state index in [9.17, 15) is 0 Å². The van der Waals surface area contributed by atoms with Crippen molar-refractivity contribution in [1.29, 1.82) is 0 Å². The Morgan fingerprint density at radius 3 is 3.21 bits per heavy atom. The molecule has 1 aliphatic heterocycles. The summed E-state index contributed by atoms with van der Waals surface area (Å²) < 4.78 is 2.16. The molecule has 1 aliphatic carbocycles. The van der Waals surface area contributed by atoms with Crippen LogP contribution >= 0.6 is 0 Å². The Balaban J connectivity index is 1.39. The summed E-state index contributed by atoms with van der Waals surface area (Å²) in [7, 11) is 0. The summed E-state index contributed by atoms with van der Waals surface area (Å²) in [6.45, 7) is 7.70. The number of nitrogens with one attached hydrogen (secondary N) is 1. The molecule has 1 aromatic rings. The molecule has 5 nitrogen and oxygen atoms in total. The molecule has 0 bridgehead atoms. The van der Waals surface area contributed by atoms with Crippen LogP contribution in [0.2, 0.25) is 0 Å². The maximum Gasteiger partial charge on any atom is 0.147 e. The van der Waals surface area contributed by atoms with E-state index in [0.717, 1.165) is 50.5 Å². The number of hydrogen-bond donors (Lipinski definition) is 1. The number of nitrogens with zero attached hydrogens (tertiary/aromatic N) is 4. The average Bonchev–Trinajstić information content (AvgIpc) is 2.86. The summed E-state index contributed by atoms with van der Waals surface area (Å²) in [6.07, 6.45) is 7.37. The van der Waals surface area contributed by atoms with Gasteiger partial charge < -0.3 is 9.88 Å². The van der Waals surface area contributed by atoms with Crippen LogP contribution in [0, 0.1) is 5.92 Å². The van der Waals surface area contributed by atoms with Crippen molar-refractivity contribution >= 4 is 0 Å². The summed E-state index contributed by atoms with van der Waals surface area (Å²) in [5, 5.41) is 11.9. The van der Waals surface area contributed by atoms with Crippen LogP contribution < -0.4 is 5.32 Å². The maximum absolute atomic E-state index is 4.17. The van der Waals surface area contributed by atoms with Crippen molar-refractivity contribution in [2.75, 3.05) is 19.6 Å². The lowest BCUT2D eigenvalue weighted by molar-refractivity contribution is 0.208. The first-order valence-electron chi connectivity index (χ1n) is 7.63. The van der Waals surface area contributed by atoms with Crippen LogP contribution in [0.4, 0.5) is 0 Å². The van der Waals surface area contributed by atoms with Crippen LogP contribution in [0.5, 0.6) is 0 Å². The van der Waals surface area contributed by atoms with Crippen molar-refractivity contribution < 1.29 is 0 Å². The van der Waals surface area contributed by atoms with E-state index >= 15 is 0 Å². The van der Waals surface area contributed by atoms with Gasteiger partial charge in [0.1, 0.15) is 12.2 Å². The third-order valence-electron chi connectivity index (χ3n) is 4.52. The van der Waals surface area contributed by atoms with Gasteiger partial charge in [0.25, 0.3) is 0 Å². The number of aromatic nitrogens is 3. The highest BCUT2D eigenvalue weighted by molar-refractivity contribution is 4.90.